The molecule has 0 spiro atoms. The SMILES string of the molecule is CCC(C)(O)CNC(=O)c1cc(N)ccc1F. The van der Waals surface area contributed by atoms with E-state index >= 15 is 0 Å². The molecule has 1 aromatic rings. The van der Waals surface area contributed by atoms with Crippen molar-refractivity contribution in [2.75, 3.05) is 12.3 Å². The van der Waals surface area contributed by atoms with E-state index in [0.29, 0.717) is 12.1 Å². The normalized spacial score (nSPS) is 14.1. The summed E-state index contributed by atoms with van der Waals surface area (Å²) in [6, 6.07) is 3.79. The van der Waals surface area contributed by atoms with E-state index in [1.165, 1.54) is 12.1 Å². The largest absolute Gasteiger partial charge is 0.399 e. The third kappa shape index (κ3) is 3.71. The van der Waals surface area contributed by atoms with Gasteiger partial charge in [0.2, 0.25) is 0 Å². The number of benzene rings is 1. The smallest absolute Gasteiger partial charge is 0.254 e. The average Bonchev–Trinajstić information content (AvgIpc) is 2.29. The number of nitrogen functional groups attached to an aromatic ring is 1. The number of carbonyl (C=O) groups is 1. The van der Waals surface area contributed by atoms with Gasteiger partial charge in [0.25, 0.3) is 5.91 Å². The van der Waals surface area contributed by atoms with Crippen LogP contribution in [0.15, 0.2) is 18.2 Å². The quantitative estimate of drug-likeness (QED) is 0.694. The summed E-state index contributed by atoms with van der Waals surface area (Å²) in [4.78, 5) is 11.7. The predicted octanol–water partition coefficient (Wildman–Crippen LogP) is 1.30. The highest BCUT2D eigenvalue weighted by Gasteiger charge is 2.20. The van der Waals surface area contributed by atoms with Gasteiger partial charge >= 0.3 is 0 Å². The molecule has 5 heteroatoms. The maximum absolute atomic E-state index is 13.3. The van der Waals surface area contributed by atoms with Gasteiger partial charge in [0.1, 0.15) is 5.82 Å². The molecule has 1 unspecified atom stereocenters. The molecule has 0 heterocycles. The molecule has 0 radical (unpaired) electrons. The Hall–Kier alpha value is -1.62. The van der Waals surface area contributed by atoms with Gasteiger partial charge in [-0.1, -0.05) is 6.92 Å². The third-order valence-corrected chi connectivity index (χ3v) is 2.63. The third-order valence-electron chi connectivity index (χ3n) is 2.63. The van der Waals surface area contributed by atoms with E-state index in [4.69, 9.17) is 5.73 Å². The molecule has 1 atom stereocenters. The van der Waals surface area contributed by atoms with Crippen LogP contribution in [0.2, 0.25) is 0 Å². The second kappa shape index (κ2) is 5.14. The van der Waals surface area contributed by atoms with Gasteiger partial charge in [-0.25, -0.2) is 4.39 Å². The van der Waals surface area contributed by atoms with E-state index in [1.54, 1.807) is 13.8 Å². The Bertz CT molecular complexity index is 419. The van der Waals surface area contributed by atoms with E-state index < -0.39 is 17.3 Å². The number of hydrogen-bond acceptors (Lipinski definition) is 3. The van der Waals surface area contributed by atoms with Crippen molar-refractivity contribution in [3.05, 3.63) is 29.6 Å². The Morgan fingerprint density at radius 3 is 2.82 bits per heavy atom. The summed E-state index contributed by atoms with van der Waals surface area (Å²) in [6.45, 7) is 3.47. The Balaban J connectivity index is 2.74. The van der Waals surface area contributed by atoms with Crippen LogP contribution in [0.1, 0.15) is 30.6 Å². The molecular formula is C12H17FN2O2. The minimum Gasteiger partial charge on any atom is -0.399 e. The topological polar surface area (TPSA) is 75.3 Å². The molecule has 0 aromatic heterocycles. The van der Waals surface area contributed by atoms with Crippen LogP contribution in [0.4, 0.5) is 10.1 Å². The van der Waals surface area contributed by atoms with Crippen molar-refractivity contribution < 1.29 is 14.3 Å². The number of nitrogens with two attached hydrogens (primary N) is 1. The van der Waals surface area contributed by atoms with Crippen molar-refractivity contribution in [3.63, 3.8) is 0 Å². The fraction of sp³-hybridized carbons (Fsp3) is 0.417. The number of halogens is 1. The van der Waals surface area contributed by atoms with E-state index in [1.807, 2.05) is 0 Å². The van der Waals surface area contributed by atoms with Crippen molar-refractivity contribution in [3.8, 4) is 0 Å². The molecular weight excluding hydrogens is 223 g/mol. The van der Waals surface area contributed by atoms with Gasteiger partial charge in [-0.05, 0) is 31.5 Å². The summed E-state index contributed by atoms with van der Waals surface area (Å²) in [7, 11) is 0. The predicted molar refractivity (Wildman–Crippen MR) is 64.1 cm³/mol. The fourth-order valence-corrected chi connectivity index (χ4v) is 1.21. The molecule has 4 N–H and O–H groups in total. The first kappa shape index (κ1) is 13.4. The minimum atomic E-state index is -0.994. The van der Waals surface area contributed by atoms with E-state index in [9.17, 15) is 14.3 Å². The van der Waals surface area contributed by atoms with Crippen molar-refractivity contribution in [1.29, 1.82) is 0 Å². The summed E-state index contributed by atoms with van der Waals surface area (Å²) in [6.07, 6.45) is 0.493. The number of nitrogens with one attached hydrogen (secondary N) is 1. The van der Waals surface area contributed by atoms with Crippen molar-refractivity contribution in [1.82, 2.24) is 5.32 Å². The monoisotopic (exact) mass is 240 g/mol. The second-order valence-electron chi connectivity index (χ2n) is 4.27. The van der Waals surface area contributed by atoms with Crippen molar-refractivity contribution in [2.45, 2.75) is 25.9 Å². The van der Waals surface area contributed by atoms with Gasteiger partial charge in [-0.3, -0.25) is 4.79 Å². The van der Waals surface area contributed by atoms with E-state index in [2.05, 4.69) is 5.32 Å². The van der Waals surface area contributed by atoms with Crippen LogP contribution >= 0.6 is 0 Å². The molecule has 0 saturated heterocycles. The summed E-state index contributed by atoms with van der Waals surface area (Å²) in [5.41, 5.74) is 4.69. The molecule has 1 aromatic carbocycles. The molecule has 0 bridgehead atoms. The standard InChI is InChI=1S/C12H17FN2O2/c1-3-12(2,17)7-15-11(16)9-6-8(14)4-5-10(9)13/h4-6,17H,3,7,14H2,1-2H3,(H,15,16). The van der Waals surface area contributed by atoms with E-state index in [0.717, 1.165) is 6.07 Å². The van der Waals surface area contributed by atoms with E-state index in [-0.39, 0.29) is 12.1 Å². The lowest BCUT2D eigenvalue weighted by Gasteiger charge is -2.21. The zero-order valence-corrected chi connectivity index (χ0v) is 9.96. The molecule has 1 rings (SSSR count). The summed E-state index contributed by atoms with van der Waals surface area (Å²) in [5, 5.41) is 12.2. The number of aliphatic hydroxyl groups is 1. The molecule has 0 fully saturated rings. The lowest BCUT2D eigenvalue weighted by Crippen LogP contribution is -2.40. The first-order valence-electron chi connectivity index (χ1n) is 5.41. The van der Waals surface area contributed by atoms with Crippen LogP contribution in [0.5, 0.6) is 0 Å². The molecule has 4 nitrogen and oxygen atoms in total. The number of carbonyl (C=O) groups excluding carboxylic acids is 1. The Kier molecular flexibility index (Phi) is 4.07. The fourth-order valence-electron chi connectivity index (χ4n) is 1.21. The first-order valence-corrected chi connectivity index (χ1v) is 5.41. The second-order valence-corrected chi connectivity index (χ2v) is 4.27. The van der Waals surface area contributed by atoms with Gasteiger partial charge in [0, 0.05) is 12.2 Å². The van der Waals surface area contributed by atoms with Crippen molar-refractivity contribution >= 4 is 11.6 Å². The highest BCUT2D eigenvalue weighted by Crippen LogP contribution is 2.12. The Morgan fingerprint density at radius 2 is 2.24 bits per heavy atom. The molecule has 0 aliphatic rings. The number of anilines is 1. The molecule has 17 heavy (non-hydrogen) atoms. The van der Waals surface area contributed by atoms with Crippen LogP contribution < -0.4 is 11.1 Å². The zero-order valence-electron chi connectivity index (χ0n) is 9.96. The molecule has 94 valence electrons. The number of hydrogen-bond donors (Lipinski definition) is 3. The van der Waals surface area contributed by atoms with Crippen LogP contribution in [-0.4, -0.2) is 23.2 Å². The maximum Gasteiger partial charge on any atom is 0.254 e. The van der Waals surface area contributed by atoms with Gasteiger partial charge in [-0.2, -0.15) is 0 Å². The molecule has 0 aliphatic carbocycles. The van der Waals surface area contributed by atoms with Crippen LogP contribution in [0.3, 0.4) is 0 Å². The Labute approximate surface area is 99.6 Å². The summed E-state index contributed by atoms with van der Waals surface area (Å²) < 4.78 is 13.3. The minimum absolute atomic E-state index is 0.0660. The van der Waals surface area contributed by atoms with Crippen LogP contribution in [0, 0.1) is 5.82 Å². The lowest BCUT2D eigenvalue weighted by atomic mass is 10.0. The highest BCUT2D eigenvalue weighted by atomic mass is 19.1. The number of amides is 1. The number of rotatable bonds is 4. The van der Waals surface area contributed by atoms with Gasteiger partial charge in [0.05, 0.1) is 11.2 Å². The summed E-state index contributed by atoms with van der Waals surface area (Å²) >= 11 is 0. The molecule has 1 amide bonds. The zero-order chi connectivity index (χ0) is 13.1. The maximum atomic E-state index is 13.3. The Morgan fingerprint density at radius 1 is 1.59 bits per heavy atom. The molecule has 0 saturated carbocycles. The first-order chi connectivity index (χ1) is 7.85. The van der Waals surface area contributed by atoms with Crippen LogP contribution in [-0.2, 0) is 0 Å². The lowest BCUT2D eigenvalue weighted by molar-refractivity contribution is 0.0517. The van der Waals surface area contributed by atoms with Gasteiger partial charge < -0.3 is 16.2 Å². The van der Waals surface area contributed by atoms with Gasteiger partial charge in [-0.15, -0.1) is 0 Å². The summed E-state index contributed by atoms with van der Waals surface area (Å²) in [5.74, 6) is -1.21. The van der Waals surface area contributed by atoms with Gasteiger partial charge in [0.15, 0.2) is 0 Å². The van der Waals surface area contributed by atoms with Crippen molar-refractivity contribution in [2.24, 2.45) is 0 Å². The molecule has 0 aliphatic heterocycles. The average molecular weight is 240 g/mol. The van der Waals surface area contributed by atoms with Crippen LogP contribution in [0.25, 0.3) is 0 Å². The highest BCUT2D eigenvalue weighted by molar-refractivity contribution is 5.95.